The molecule has 0 bridgehead atoms. The van der Waals surface area contributed by atoms with E-state index in [1.807, 2.05) is 37.3 Å². The van der Waals surface area contributed by atoms with E-state index >= 15 is 0 Å². The first-order valence-electron chi connectivity index (χ1n) is 8.22. The van der Waals surface area contributed by atoms with Crippen LogP contribution in [0.4, 0.5) is 0 Å². The summed E-state index contributed by atoms with van der Waals surface area (Å²) < 4.78 is 6.56. The number of nitrogens with zero attached hydrogens (tertiary/aromatic N) is 4. The van der Waals surface area contributed by atoms with Crippen LogP contribution in [0, 0.1) is 6.92 Å². The van der Waals surface area contributed by atoms with E-state index in [1.54, 1.807) is 19.4 Å². The van der Waals surface area contributed by atoms with Crippen LogP contribution in [-0.4, -0.2) is 26.9 Å². The van der Waals surface area contributed by atoms with Crippen LogP contribution in [0.3, 0.4) is 0 Å². The molecule has 0 aliphatic rings. The summed E-state index contributed by atoms with van der Waals surface area (Å²) in [5, 5.41) is 5.88. The molecule has 134 valence electrons. The van der Waals surface area contributed by atoms with E-state index in [-0.39, 0.29) is 11.5 Å². The van der Waals surface area contributed by atoms with Crippen molar-refractivity contribution in [3.63, 3.8) is 0 Å². The molecule has 7 heteroatoms. The molecular formula is C20H15ClN4O2. The third kappa shape index (κ3) is 3.04. The van der Waals surface area contributed by atoms with E-state index in [1.165, 1.54) is 12.4 Å². The zero-order valence-corrected chi connectivity index (χ0v) is 15.4. The molecule has 0 saturated heterocycles. The molecule has 0 aliphatic heterocycles. The van der Waals surface area contributed by atoms with Gasteiger partial charge in [0.05, 0.1) is 36.1 Å². The lowest BCUT2D eigenvalue weighted by molar-refractivity contribution is 0.412. The Balaban J connectivity index is 1.84. The Morgan fingerprint density at radius 1 is 1.07 bits per heavy atom. The number of aromatic nitrogens is 4. The lowest BCUT2D eigenvalue weighted by Gasteiger charge is -2.11. The molecule has 0 atom stereocenters. The van der Waals surface area contributed by atoms with Crippen molar-refractivity contribution in [2.75, 3.05) is 7.11 Å². The monoisotopic (exact) mass is 378 g/mol. The zero-order valence-electron chi connectivity index (χ0n) is 14.7. The number of ether oxygens (including phenoxy) is 1. The minimum absolute atomic E-state index is 0.180. The Labute approximate surface area is 160 Å². The normalized spacial score (nSPS) is 10.9. The minimum Gasteiger partial charge on any atom is -0.496 e. The Bertz CT molecular complexity index is 1200. The highest BCUT2D eigenvalue weighted by Gasteiger charge is 2.11. The Morgan fingerprint density at radius 3 is 2.59 bits per heavy atom. The van der Waals surface area contributed by atoms with Gasteiger partial charge >= 0.3 is 0 Å². The van der Waals surface area contributed by atoms with Crippen molar-refractivity contribution < 1.29 is 4.74 Å². The van der Waals surface area contributed by atoms with Crippen LogP contribution in [-0.2, 0) is 0 Å². The molecule has 0 N–H and O–H groups in total. The first-order chi connectivity index (χ1) is 13.1. The topological polar surface area (TPSA) is 69.9 Å². The Kier molecular flexibility index (Phi) is 4.33. The fourth-order valence-corrected chi connectivity index (χ4v) is 3.12. The third-order valence-corrected chi connectivity index (χ3v) is 4.59. The SMILES string of the molecule is COc1cccc(-c2ccc3c(=O)n(-c4ncc(Cl)cn4)ncc3c2)c1C. The van der Waals surface area contributed by atoms with Crippen LogP contribution < -0.4 is 10.3 Å². The molecule has 6 nitrogen and oxygen atoms in total. The number of fused-ring (bicyclic) bond motifs is 1. The predicted molar refractivity (Wildman–Crippen MR) is 105 cm³/mol. The van der Waals surface area contributed by atoms with Gasteiger partial charge in [-0.25, -0.2) is 9.97 Å². The van der Waals surface area contributed by atoms with E-state index in [9.17, 15) is 4.79 Å². The molecule has 0 radical (unpaired) electrons. The molecule has 2 heterocycles. The van der Waals surface area contributed by atoms with Crippen molar-refractivity contribution in [2.45, 2.75) is 6.92 Å². The highest BCUT2D eigenvalue weighted by Crippen LogP contribution is 2.31. The highest BCUT2D eigenvalue weighted by atomic mass is 35.5. The molecule has 0 amide bonds. The second kappa shape index (κ2) is 6.81. The average molecular weight is 379 g/mol. The minimum atomic E-state index is -0.288. The maximum Gasteiger partial charge on any atom is 0.282 e. The fraction of sp³-hybridized carbons (Fsp3) is 0.100. The van der Waals surface area contributed by atoms with Gasteiger partial charge in [0, 0.05) is 5.39 Å². The summed E-state index contributed by atoms with van der Waals surface area (Å²) in [5.41, 5.74) is 2.78. The van der Waals surface area contributed by atoms with Crippen LogP contribution in [0.1, 0.15) is 5.56 Å². The standard InChI is InChI=1S/C20H15ClN4O2/c1-12-16(4-3-5-18(12)27-2)13-6-7-17-14(8-13)9-24-25(19(17)26)20-22-10-15(21)11-23-20/h3-11H,1-2H3. The number of hydrogen-bond acceptors (Lipinski definition) is 5. The van der Waals surface area contributed by atoms with Crippen LogP contribution in [0.25, 0.3) is 27.8 Å². The van der Waals surface area contributed by atoms with Gasteiger partial charge < -0.3 is 4.74 Å². The fourth-order valence-electron chi connectivity index (χ4n) is 3.02. The van der Waals surface area contributed by atoms with Gasteiger partial charge in [-0.3, -0.25) is 4.79 Å². The Hall–Kier alpha value is -3.25. The van der Waals surface area contributed by atoms with Gasteiger partial charge in [0.2, 0.25) is 0 Å². The first-order valence-corrected chi connectivity index (χ1v) is 8.60. The van der Waals surface area contributed by atoms with E-state index in [0.29, 0.717) is 10.4 Å². The van der Waals surface area contributed by atoms with Gasteiger partial charge in [-0.1, -0.05) is 29.8 Å². The number of hydrogen-bond donors (Lipinski definition) is 0. The van der Waals surface area contributed by atoms with E-state index < -0.39 is 0 Å². The number of halogens is 1. The Morgan fingerprint density at radius 2 is 1.85 bits per heavy atom. The smallest absolute Gasteiger partial charge is 0.282 e. The van der Waals surface area contributed by atoms with Gasteiger partial charge in [-0.15, -0.1) is 0 Å². The van der Waals surface area contributed by atoms with Crippen LogP contribution in [0.2, 0.25) is 5.02 Å². The van der Waals surface area contributed by atoms with Gasteiger partial charge in [0.15, 0.2) is 0 Å². The quantitative estimate of drug-likeness (QED) is 0.542. The molecule has 2 aromatic carbocycles. The van der Waals surface area contributed by atoms with Crippen LogP contribution >= 0.6 is 11.6 Å². The summed E-state index contributed by atoms with van der Waals surface area (Å²) in [7, 11) is 1.65. The van der Waals surface area contributed by atoms with Crippen molar-refractivity contribution >= 4 is 22.4 Å². The maximum atomic E-state index is 12.8. The number of benzene rings is 2. The number of methoxy groups -OCH3 is 1. The van der Waals surface area contributed by atoms with Crippen molar-refractivity contribution in [1.82, 2.24) is 19.7 Å². The van der Waals surface area contributed by atoms with Gasteiger partial charge in [0.25, 0.3) is 11.5 Å². The third-order valence-electron chi connectivity index (χ3n) is 4.40. The van der Waals surface area contributed by atoms with E-state index in [2.05, 4.69) is 15.1 Å². The molecule has 0 aliphatic carbocycles. The van der Waals surface area contributed by atoms with Gasteiger partial charge in [-0.2, -0.15) is 9.78 Å². The summed E-state index contributed by atoms with van der Waals surface area (Å²) >= 11 is 5.80. The average Bonchev–Trinajstić information content (AvgIpc) is 2.69. The predicted octanol–water partition coefficient (Wildman–Crippen LogP) is 3.81. The zero-order chi connectivity index (χ0) is 19.0. The second-order valence-corrected chi connectivity index (χ2v) is 6.43. The van der Waals surface area contributed by atoms with Crippen molar-refractivity contribution in [3.8, 4) is 22.8 Å². The highest BCUT2D eigenvalue weighted by molar-refractivity contribution is 6.30. The van der Waals surface area contributed by atoms with Gasteiger partial charge in [0.1, 0.15) is 5.75 Å². The molecule has 0 saturated carbocycles. The lowest BCUT2D eigenvalue weighted by atomic mass is 9.98. The molecular weight excluding hydrogens is 364 g/mol. The molecule has 4 rings (SSSR count). The number of rotatable bonds is 3. The van der Waals surface area contributed by atoms with E-state index in [0.717, 1.165) is 32.5 Å². The van der Waals surface area contributed by atoms with Crippen molar-refractivity contribution in [1.29, 1.82) is 0 Å². The molecule has 27 heavy (non-hydrogen) atoms. The van der Waals surface area contributed by atoms with E-state index in [4.69, 9.17) is 16.3 Å². The van der Waals surface area contributed by atoms with Crippen LogP contribution in [0.15, 0.2) is 59.8 Å². The first kappa shape index (κ1) is 17.2. The lowest BCUT2D eigenvalue weighted by Crippen LogP contribution is -2.22. The summed E-state index contributed by atoms with van der Waals surface area (Å²) in [6.45, 7) is 2.01. The summed E-state index contributed by atoms with van der Waals surface area (Å²) in [5.74, 6) is 1.00. The van der Waals surface area contributed by atoms with Gasteiger partial charge in [-0.05, 0) is 41.8 Å². The molecule has 4 aromatic rings. The maximum absolute atomic E-state index is 12.8. The summed E-state index contributed by atoms with van der Waals surface area (Å²) in [6.07, 6.45) is 4.49. The molecule has 0 fully saturated rings. The van der Waals surface area contributed by atoms with Crippen LogP contribution in [0.5, 0.6) is 5.75 Å². The molecule has 2 aromatic heterocycles. The summed E-state index contributed by atoms with van der Waals surface area (Å²) in [4.78, 5) is 20.9. The summed E-state index contributed by atoms with van der Waals surface area (Å²) in [6, 6.07) is 11.5. The largest absolute Gasteiger partial charge is 0.496 e. The van der Waals surface area contributed by atoms with Crippen molar-refractivity contribution in [3.05, 3.63) is 75.9 Å². The molecule has 0 unspecified atom stereocenters. The van der Waals surface area contributed by atoms with Crippen molar-refractivity contribution in [2.24, 2.45) is 0 Å². The molecule has 0 spiro atoms. The second-order valence-electron chi connectivity index (χ2n) is 6.00.